The van der Waals surface area contributed by atoms with E-state index in [2.05, 4.69) is 26.5 Å². The Morgan fingerprint density at radius 2 is 2.05 bits per heavy atom. The largest absolute Gasteiger partial charge is 0.504 e. The highest BCUT2D eigenvalue weighted by molar-refractivity contribution is 9.10. The molecule has 5 nitrogen and oxygen atoms in total. The van der Waals surface area contributed by atoms with Crippen LogP contribution >= 0.6 is 27.5 Å². The molecule has 2 rings (SSSR count). The fourth-order valence-corrected chi connectivity index (χ4v) is 2.21. The molecular formula is C15H12BrClN2O3. The van der Waals surface area contributed by atoms with Gasteiger partial charge in [-0.25, -0.2) is 5.43 Å². The molecule has 0 fully saturated rings. The average Bonchev–Trinajstić information content (AvgIpc) is 2.50. The summed E-state index contributed by atoms with van der Waals surface area (Å²) in [6.45, 7) is 0. The van der Waals surface area contributed by atoms with Crippen LogP contribution in [-0.4, -0.2) is 24.3 Å². The number of carbonyl (C=O) groups excluding carboxylic acids is 1. The van der Waals surface area contributed by atoms with Crippen LogP contribution in [0, 0.1) is 0 Å². The van der Waals surface area contributed by atoms with Crippen LogP contribution in [0.3, 0.4) is 0 Å². The average molecular weight is 384 g/mol. The molecule has 0 saturated heterocycles. The van der Waals surface area contributed by atoms with Gasteiger partial charge in [0, 0.05) is 20.6 Å². The monoisotopic (exact) mass is 382 g/mol. The number of aromatic hydroxyl groups is 1. The van der Waals surface area contributed by atoms with Gasteiger partial charge in [0.25, 0.3) is 5.91 Å². The van der Waals surface area contributed by atoms with E-state index in [1.807, 2.05) is 0 Å². The molecule has 0 radical (unpaired) electrons. The van der Waals surface area contributed by atoms with Gasteiger partial charge in [0.2, 0.25) is 0 Å². The number of hydrogen-bond donors (Lipinski definition) is 2. The van der Waals surface area contributed by atoms with E-state index in [-0.39, 0.29) is 11.7 Å². The topological polar surface area (TPSA) is 70.9 Å². The predicted octanol–water partition coefficient (Wildman–Crippen LogP) is 3.58. The normalized spacial score (nSPS) is 10.7. The third-order valence-electron chi connectivity index (χ3n) is 2.77. The lowest BCUT2D eigenvalue weighted by atomic mass is 10.2. The van der Waals surface area contributed by atoms with Crippen molar-refractivity contribution < 1.29 is 14.6 Å². The molecule has 1 amide bonds. The number of nitrogens with one attached hydrogen (secondary N) is 1. The molecular weight excluding hydrogens is 372 g/mol. The van der Waals surface area contributed by atoms with E-state index in [0.29, 0.717) is 26.4 Å². The molecule has 0 spiro atoms. The van der Waals surface area contributed by atoms with Crippen LogP contribution in [0.5, 0.6) is 11.5 Å². The Bertz CT molecular complexity index is 717. The third-order valence-corrected chi connectivity index (χ3v) is 3.71. The molecule has 22 heavy (non-hydrogen) atoms. The minimum atomic E-state index is -0.352. The minimum absolute atomic E-state index is 0.0109. The van der Waals surface area contributed by atoms with E-state index in [4.69, 9.17) is 16.3 Å². The minimum Gasteiger partial charge on any atom is -0.504 e. The Kier molecular flexibility index (Phi) is 5.41. The lowest BCUT2D eigenvalue weighted by molar-refractivity contribution is 0.0955. The lowest BCUT2D eigenvalue weighted by Gasteiger charge is -2.06. The first-order valence-corrected chi connectivity index (χ1v) is 7.34. The van der Waals surface area contributed by atoms with Crippen LogP contribution in [0.2, 0.25) is 5.02 Å². The molecule has 0 aliphatic rings. The molecule has 2 N–H and O–H groups in total. The highest BCUT2D eigenvalue weighted by Gasteiger charge is 2.07. The van der Waals surface area contributed by atoms with Crippen LogP contribution in [-0.2, 0) is 0 Å². The first-order chi connectivity index (χ1) is 10.5. The molecule has 114 valence electrons. The molecule has 0 aliphatic carbocycles. The van der Waals surface area contributed by atoms with E-state index in [9.17, 15) is 9.90 Å². The summed E-state index contributed by atoms with van der Waals surface area (Å²) in [7, 11) is 1.45. The van der Waals surface area contributed by atoms with Crippen LogP contribution in [0.15, 0.2) is 46.0 Å². The first kappa shape index (κ1) is 16.3. The smallest absolute Gasteiger partial charge is 0.271 e. The van der Waals surface area contributed by atoms with Gasteiger partial charge in [-0.2, -0.15) is 5.10 Å². The molecule has 0 atom stereocenters. The van der Waals surface area contributed by atoms with Crippen molar-refractivity contribution in [1.29, 1.82) is 0 Å². The summed E-state index contributed by atoms with van der Waals surface area (Å²) in [5, 5.41) is 14.1. The van der Waals surface area contributed by atoms with E-state index < -0.39 is 0 Å². The standard InChI is InChI=1S/C15H12BrClN2O3/c1-22-14-6-10(12(16)7-13(14)20)8-18-19-15(21)9-2-4-11(17)5-3-9/h2-8,20H,1H3,(H,19,21)/b18-8-. The summed E-state index contributed by atoms with van der Waals surface area (Å²) in [5.41, 5.74) is 3.50. The number of methoxy groups -OCH3 is 1. The summed E-state index contributed by atoms with van der Waals surface area (Å²) in [6, 6.07) is 9.54. The van der Waals surface area contributed by atoms with Gasteiger partial charge in [-0.15, -0.1) is 0 Å². The predicted molar refractivity (Wildman–Crippen MR) is 88.9 cm³/mol. The summed E-state index contributed by atoms with van der Waals surface area (Å²) in [4.78, 5) is 11.9. The second-order valence-corrected chi connectivity index (χ2v) is 5.54. The number of hydrazone groups is 1. The maximum atomic E-state index is 11.9. The molecule has 0 aromatic heterocycles. The summed E-state index contributed by atoms with van der Waals surface area (Å²) < 4.78 is 5.64. The molecule has 7 heteroatoms. The molecule has 2 aromatic carbocycles. The van der Waals surface area contributed by atoms with E-state index >= 15 is 0 Å². The Labute approximate surface area is 140 Å². The van der Waals surface area contributed by atoms with Gasteiger partial charge in [-0.1, -0.05) is 11.6 Å². The lowest BCUT2D eigenvalue weighted by Crippen LogP contribution is -2.17. The second-order valence-electron chi connectivity index (χ2n) is 4.25. The summed E-state index contributed by atoms with van der Waals surface area (Å²) in [5.74, 6) is -0.0276. The van der Waals surface area contributed by atoms with Crippen molar-refractivity contribution >= 4 is 39.7 Å². The zero-order valence-electron chi connectivity index (χ0n) is 11.5. The van der Waals surface area contributed by atoms with Crippen LogP contribution < -0.4 is 10.2 Å². The van der Waals surface area contributed by atoms with Gasteiger partial charge < -0.3 is 9.84 Å². The van der Waals surface area contributed by atoms with Gasteiger partial charge in [0.15, 0.2) is 11.5 Å². The van der Waals surface area contributed by atoms with E-state index in [1.165, 1.54) is 19.4 Å². The number of amides is 1. The number of hydrogen-bond acceptors (Lipinski definition) is 4. The van der Waals surface area contributed by atoms with Gasteiger partial charge in [-0.05, 0) is 52.3 Å². The van der Waals surface area contributed by atoms with Gasteiger partial charge >= 0.3 is 0 Å². The molecule has 0 saturated carbocycles. The maximum absolute atomic E-state index is 11.9. The first-order valence-electron chi connectivity index (χ1n) is 6.16. The number of phenolic OH excluding ortho intramolecular Hbond substituents is 1. The number of rotatable bonds is 4. The molecule has 0 aliphatic heterocycles. The summed E-state index contributed by atoms with van der Waals surface area (Å²) >= 11 is 9.06. The zero-order valence-corrected chi connectivity index (χ0v) is 13.9. The van der Waals surface area contributed by atoms with Crippen molar-refractivity contribution in [3.63, 3.8) is 0 Å². The molecule has 0 heterocycles. The van der Waals surface area contributed by atoms with Gasteiger partial charge in [0.1, 0.15) is 0 Å². The van der Waals surface area contributed by atoms with Crippen molar-refractivity contribution in [1.82, 2.24) is 5.43 Å². The Hall–Kier alpha value is -2.05. The SMILES string of the molecule is COc1cc(/C=N\NC(=O)c2ccc(Cl)cc2)c(Br)cc1O. The number of ether oxygens (including phenoxy) is 1. The van der Waals surface area contributed by atoms with Gasteiger partial charge in [-0.3, -0.25) is 4.79 Å². The second kappa shape index (κ2) is 7.29. The number of nitrogens with zero attached hydrogens (tertiary/aromatic N) is 1. The Morgan fingerprint density at radius 1 is 1.36 bits per heavy atom. The van der Waals surface area contributed by atoms with Crippen LogP contribution in [0.4, 0.5) is 0 Å². The molecule has 2 aromatic rings. The molecule has 0 unspecified atom stereocenters. The van der Waals surface area contributed by atoms with Crippen molar-refractivity contribution in [3.8, 4) is 11.5 Å². The van der Waals surface area contributed by atoms with E-state index in [0.717, 1.165) is 0 Å². The number of halogens is 2. The Morgan fingerprint density at radius 3 is 2.68 bits per heavy atom. The Balaban J connectivity index is 2.09. The van der Waals surface area contributed by atoms with Crippen molar-refractivity contribution in [2.75, 3.05) is 7.11 Å². The highest BCUT2D eigenvalue weighted by Crippen LogP contribution is 2.31. The highest BCUT2D eigenvalue weighted by atomic mass is 79.9. The molecule has 0 bridgehead atoms. The summed E-state index contributed by atoms with van der Waals surface area (Å²) in [6.07, 6.45) is 1.44. The van der Waals surface area contributed by atoms with Crippen molar-refractivity contribution in [2.24, 2.45) is 5.10 Å². The van der Waals surface area contributed by atoms with Crippen LogP contribution in [0.25, 0.3) is 0 Å². The van der Waals surface area contributed by atoms with Crippen molar-refractivity contribution in [3.05, 3.63) is 57.0 Å². The van der Waals surface area contributed by atoms with E-state index in [1.54, 1.807) is 30.3 Å². The number of phenols is 1. The van der Waals surface area contributed by atoms with Crippen molar-refractivity contribution in [2.45, 2.75) is 0 Å². The third kappa shape index (κ3) is 3.99. The van der Waals surface area contributed by atoms with Gasteiger partial charge in [0.05, 0.1) is 13.3 Å². The number of benzene rings is 2. The number of carbonyl (C=O) groups is 1. The van der Waals surface area contributed by atoms with Crippen LogP contribution in [0.1, 0.15) is 15.9 Å². The fraction of sp³-hybridized carbons (Fsp3) is 0.0667. The maximum Gasteiger partial charge on any atom is 0.271 e. The fourth-order valence-electron chi connectivity index (χ4n) is 1.65. The zero-order chi connectivity index (χ0) is 16.1. The quantitative estimate of drug-likeness (QED) is 0.626.